The first-order valence-electron chi connectivity index (χ1n) is 7.71. The molecule has 0 saturated carbocycles. The molecule has 1 aliphatic rings. The van der Waals surface area contributed by atoms with Gasteiger partial charge in [-0.2, -0.15) is 0 Å². The third-order valence-corrected chi connectivity index (χ3v) is 5.22. The van der Waals surface area contributed by atoms with Crippen molar-refractivity contribution in [2.45, 2.75) is 24.7 Å². The van der Waals surface area contributed by atoms with Gasteiger partial charge in [-0.1, -0.05) is 0 Å². The Morgan fingerprint density at radius 3 is 2.57 bits per heavy atom. The molecule has 2 aromatic rings. The molecule has 3 rings (SSSR count). The van der Waals surface area contributed by atoms with E-state index in [1.54, 1.807) is 0 Å². The van der Waals surface area contributed by atoms with Gasteiger partial charge < -0.3 is 0 Å². The van der Waals surface area contributed by atoms with Gasteiger partial charge in [-0.25, -0.2) is 0 Å². The van der Waals surface area contributed by atoms with Crippen molar-refractivity contribution in [2.75, 3.05) is 12.1 Å². The number of hydrogen-bond donors (Lipinski definition) is 0. The van der Waals surface area contributed by atoms with E-state index >= 15 is 0 Å². The molecule has 0 fully saturated rings. The maximum atomic E-state index is 6.01. The fraction of sp³-hybridized carbons (Fsp3) is 0.316. The third kappa shape index (κ3) is 4.37. The molecule has 0 unspecified atom stereocenters. The standard InChI is InChI=1S/C19H21NO2Se/c1-19(2)13-21-18(20-19)16-10-6-7-11-17(16)22-14-23-12-15-8-4-3-5-9-15/h3-11H,12-14H2,1-2H3. The van der Waals surface area contributed by atoms with E-state index in [1.807, 2.05) is 30.3 Å². The molecule has 0 radical (unpaired) electrons. The minimum atomic E-state index is -0.153. The Labute approximate surface area is 143 Å². The van der Waals surface area contributed by atoms with Crippen molar-refractivity contribution >= 4 is 20.9 Å². The van der Waals surface area contributed by atoms with Crippen molar-refractivity contribution in [1.29, 1.82) is 0 Å². The normalized spacial score (nSPS) is 15.8. The van der Waals surface area contributed by atoms with Crippen LogP contribution in [-0.2, 0) is 10.1 Å². The van der Waals surface area contributed by atoms with E-state index in [0.29, 0.717) is 27.5 Å². The summed E-state index contributed by atoms with van der Waals surface area (Å²) in [6, 6.07) is 18.5. The Morgan fingerprint density at radius 1 is 1.09 bits per heavy atom. The van der Waals surface area contributed by atoms with E-state index in [-0.39, 0.29) is 5.54 Å². The molecule has 2 aromatic carbocycles. The number of nitrogens with zero attached hydrogens (tertiary/aromatic N) is 1. The molecule has 120 valence electrons. The number of para-hydroxylation sites is 1. The molecule has 0 atom stereocenters. The van der Waals surface area contributed by atoms with Crippen LogP contribution < -0.4 is 4.74 Å². The zero-order valence-corrected chi connectivity index (χ0v) is 15.2. The van der Waals surface area contributed by atoms with Gasteiger partial charge in [0.25, 0.3) is 0 Å². The Kier molecular flexibility index (Phi) is 5.04. The first-order valence-corrected chi connectivity index (χ1v) is 10.1. The summed E-state index contributed by atoms with van der Waals surface area (Å²) < 4.78 is 11.8. The van der Waals surface area contributed by atoms with Crippen LogP contribution in [0, 0.1) is 0 Å². The SMILES string of the molecule is CC1(C)COC(c2ccccc2OC[Se]Cc2ccccc2)=N1. The fourth-order valence-corrected chi connectivity index (χ4v) is 3.84. The van der Waals surface area contributed by atoms with E-state index in [0.717, 1.165) is 22.1 Å². The predicted molar refractivity (Wildman–Crippen MR) is 94.4 cm³/mol. The van der Waals surface area contributed by atoms with Crippen LogP contribution in [0.2, 0.25) is 0 Å². The van der Waals surface area contributed by atoms with Crippen molar-refractivity contribution in [3.8, 4) is 5.75 Å². The number of rotatable bonds is 6. The van der Waals surface area contributed by atoms with Gasteiger partial charge in [-0.3, -0.25) is 0 Å². The molecule has 23 heavy (non-hydrogen) atoms. The summed E-state index contributed by atoms with van der Waals surface area (Å²) in [5, 5.41) is 1.08. The molecule has 1 aliphatic heterocycles. The molecule has 0 aliphatic carbocycles. The molecule has 1 heterocycles. The minimum absolute atomic E-state index is 0.153. The van der Waals surface area contributed by atoms with Crippen molar-refractivity contribution < 1.29 is 9.47 Å². The van der Waals surface area contributed by atoms with E-state index in [1.165, 1.54) is 5.56 Å². The second-order valence-electron chi connectivity index (χ2n) is 6.11. The molecule has 0 amide bonds. The monoisotopic (exact) mass is 375 g/mol. The predicted octanol–water partition coefficient (Wildman–Crippen LogP) is 3.48. The Hall–Kier alpha value is -1.77. The van der Waals surface area contributed by atoms with Crippen LogP contribution in [0.3, 0.4) is 0 Å². The van der Waals surface area contributed by atoms with E-state index in [9.17, 15) is 0 Å². The zero-order valence-electron chi connectivity index (χ0n) is 13.5. The van der Waals surface area contributed by atoms with E-state index in [4.69, 9.17) is 9.47 Å². The topological polar surface area (TPSA) is 30.8 Å². The number of hydrogen-bond acceptors (Lipinski definition) is 3. The summed E-state index contributed by atoms with van der Waals surface area (Å²) in [5.41, 5.74) is 2.91. The molecule has 3 nitrogen and oxygen atoms in total. The molecule has 4 heteroatoms. The summed E-state index contributed by atoms with van der Waals surface area (Å²) in [6.45, 7) is 4.77. The van der Waals surface area contributed by atoms with Crippen LogP contribution in [0.15, 0.2) is 59.6 Å². The molecule has 0 bridgehead atoms. The summed E-state index contributed by atoms with van der Waals surface area (Å²) in [6.07, 6.45) is 0. The summed E-state index contributed by atoms with van der Waals surface area (Å²) in [7, 11) is 0. The van der Waals surface area contributed by atoms with Crippen LogP contribution >= 0.6 is 0 Å². The van der Waals surface area contributed by atoms with Crippen LogP contribution in [0.4, 0.5) is 0 Å². The maximum absolute atomic E-state index is 6.01. The van der Waals surface area contributed by atoms with Crippen LogP contribution in [-0.4, -0.2) is 38.5 Å². The van der Waals surface area contributed by atoms with Crippen LogP contribution in [0.5, 0.6) is 5.75 Å². The van der Waals surface area contributed by atoms with Crippen molar-refractivity contribution in [3.05, 3.63) is 65.7 Å². The molecule has 0 aromatic heterocycles. The van der Waals surface area contributed by atoms with Crippen molar-refractivity contribution in [3.63, 3.8) is 0 Å². The fourth-order valence-electron chi connectivity index (χ4n) is 2.33. The van der Waals surface area contributed by atoms with Gasteiger partial charge in [0.05, 0.1) is 0 Å². The van der Waals surface area contributed by atoms with E-state index < -0.39 is 0 Å². The average molecular weight is 374 g/mol. The second kappa shape index (κ2) is 7.20. The van der Waals surface area contributed by atoms with Gasteiger partial charge in [0, 0.05) is 0 Å². The quantitative estimate of drug-likeness (QED) is 0.573. The first-order chi connectivity index (χ1) is 11.1. The average Bonchev–Trinajstić information content (AvgIpc) is 2.93. The second-order valence-corrected chi connectivity index (χ2v) is 8.07. The van der Waals surface area contributed by atoms with Crippen molar-refractivity contribution in [1.82, 2.24) is 0 Å². The molecule has 0 spiro atoms. The Bertz CT molecular complexity index is 683. The van der Waals surface area contributed by atoms with E-state index in [2.05, 4.69) is 43.1 Å². The summed E-state index contributed by atoms with van der Waals surface area (Å²) >= 11 is 0.409. The van der Waals surface area contributed by atoms with Gasteiger partial charge in [0.1, 0.15) is 0 Å². The zero-order chi connectivity index (χ0) is 16.1. The first kappa shape index (κ1) is 16.1. The number of aliphatic imine (C=N–C) groups is 1. The van der Waals surface area contributed by atoms with Gasteiger partial charge in [-0.05, 0) is 0 Å². The van der Waals surface area contributed by atoms with Gasteiger partial charge in [0.2, 0.25) is 0 Å². The van der Waals surface area contributed by atoms with Crippen LogP contribution in [0.25, 0.3) is 0 Å². The molecule has 0 saturated heterocycles. The van der Waals surface area contributed by atoms with Gasteiger partial charge in [-0.15, -0.1) is 0 Å². The van der Waals surface area contributed by atoms with Crippen LogP contribution in [0.1, 0.15) is 25.0 Å². The Morgan fingerprint density at radius 2 is 1.83 bits per heavy atom. The molecular formula is C19H21NO2Se. The molecule has 0 N–H and O–H groups in total. The molecular weight excluding hydrogens is 353 g/mol. The van der Waals surface area contributed by atoms with Gasteiger partial charge in [0.15, 0.2) is 0 Å². The number of benzene rings is 2. The van der Waals surface area contributed by atoms with Crippen molar-refractivity contribution in [2.24, 2.45) is 4.99 Å². The summed E-state index contributed by atoms with van der Waals surface area (Å²) in [4.78, 5) is 4.65. The summed E-state index contributed by atoms with van der Waals surface area (Å²) in [5.74, 6) is 1.56. The van der Waals surface area contributed by atoms with Gasteiger partial charge >= 0.3 is 144 Å². The Balaban J connectivity index is 1.60. The number of ether oxygens (including phenoxy) is 2. The third-order valence-electron chi connectivity index (χ3n) is 3.49.